The van der Waals surface area contributed by atoms with Gasteiger partial charge in [0.25, 0.3) is 11.1 Å². The first-order valence-electron chi connectivity index (χ1n) is 9.55. The normalized spacial score (nSPS) is 14.3. The fourth-order valence-electron chi connectivity index (χ4n) is 2.81. The van der Waals surface area contributed by atoms with Crippen LogP contribution in [0.5, 0.6) is 5.75 Å². The number of imide groups is 1. The van der Waals surface area contributed by atoms with Gasteiger partial charge in [0, 0.05) is 5.69 Å². The van der Waals surface area contributed by atoms with Crippen LogP contribution in [-0.2, 0) is 19.1 Å². The van der Waals surface area contributed by atoms with Gasteiger partial charge in [-0.2, -0.15) is 0 Å². The molecule has 1 aliphatic heterocycles. The van der Waals surface area contributed by atoms with Crippen molar-refractivity contribution in [2.45, 2.75) is 0 Å². The van der Waals surface area contributed by atoms with Crippen LogP contribution in [0, 0.1) is 0 Å². The number of halogens is 1. The summed E-state index contributed by atoms with van der Waals surface area (Å²) in [5.41, 5.74) is 0.868. The minimum atomic E-state index is -1.11. The summed E-state index contributed by atoms with van der Waals surface area (Å²) in [6, 6.07) is 10.4. The molecule has 0 radical (unpaired) electrons. The monoisotopic (exact) mass is 504 g/mol. The van der Waals surface area contributed by atoms with E-state index in [-0.39, 0.29) is 21.2 Å². The number of amides is 3. The molecular formula is C22H17ClN2O8S. The Balaban J connectivity index is 1.65. The molecule has 0 bridgehead atoms. The highest BCUT2D eigenvalue weighted by Crippen LogP contribution is 2.32. The van der Waals surface area contributed by atoms with E-state index >= 15 is 0 Å². The minimum Gasteiger partial charge on any atom is -0.482 e. The Bertz CT molecular complexity index is 1200. The standard InChI is InChI=1S/C22H17ClN2O8S/c1-32-21(30)15-9-13(4-7-16(15)23)24-18(26)10-25-20(29)17(34-22(25)31)8-12-2-5-14(6-3-12)33-11-19(27)28/h2-9H,10-11H2,1H3,(H,24,26)(H,27,28)/b17-8+. The van der Waals surface area contributed by atoms with Gasteiger partial charge in [-0.1, -0.05) is 23.7 Å². The summed E-state index contributed by atoms with van der Waals surface area (Å²) in [5, 5.41) is 10.7. The number of carboxylic acid groups (broad SMARTS) is 1. The molecule has 0 aromatic heterocycles. The fourth-order valence-corrected chi connectivity index (χ4v) is 3.84. The predicted molar refractivity (Wildman–Crippen MR) is 124 cm³/mol. The third-order valence-corrected chi connectivity index (χ3v) is 5.61. The molecule has 2 aromatic carbocycles. The second-order valence-electron chi connectivity index (χ2n) is 6.75. The second kappa shape index (κ2) is 10.9. The SMILES string of the molecule is COC(=O)c1cc(NC(=O)CN2C(=O)S/C(=C/c3ccc(OCC(=O)O)cc3)C2=O)ccc1Cl. The molecule has 12 heteroatoms. The summed E-state index contributed by atoms with van der Waals surface area (Å²) in [4.78, 5) is 60.6. The molecule has 3 amide bonds. The number of thioether (sulfide) groups is 1. The third kappa shape index (κ3) is 6.15. The summed E-state index contributed by atoms with van der Waals surface area (Å²) in [5.74, 6) is -2.74. The maximum absolute atomic E-state index is 12.6. The molecule has 10 nitrogen and oxygen atoms in total. The van der Waals surface area contributed by atoms with E-state index in [9.17, 15) is 24.0 Å². The number of anilines is 1. The smallest absolute Gasteiger partial charge is 0.341 e. The van der Waals surface area contributed by atoms with Crippen LogP contribution in [0.15, 0.2) is 47.4 Å². The quantitative estimate of drug-likeness (QED) is 0.409. The van der Waals surface area contributed by atoms with E-state index in [4.69, 9.17) is 21.4 Å². The van der Waals surface area contributed by atoms with E-state index in [1.165, 1.54) is 43.5 Å². The molecule has 1 aliphatic rings. The number of methoxy groups -OCH3 is 1. The minimum absolute atomic E-state index is 0.0513. The Morgan fingerprint density at radius 3 is 2.50 bits per heavy atom. The zero-order valence-electron chi connectivity index (χ0n) is 17.6. The fraction of sp³-hybridized carbons (Fsp3) is 0.136. The second-order valence-corrected chi connectivity index (χ2v) is 8.15. The zero-order chi connectivity index (χ0) is 24.8. The molecule has 0 aliphatic carbocycles. The van der Waals surface area contributed by atoms with E-state index in [1.54, 1.807) is 12.1 Å². The molecule has 2 N–H and O–H groups in total. The third-order valence-electron chi connectivity index (χ3n) is 4.37. The number of ether oxygens (including phenoxy) is 2. The number of rotatable bonds is 8. The van der Waals surface area contributed by atoms with Gasteiger partial charge >= 0.3 is 11.9 Å². The number of hydrogen-bond acceptors (Lipinski definition) is 8. The number of nitrogens with zero attached hydrogens (tertiary/aromatic N) is 1. The van der Waals surface area contributed by atoms with Gasteiger partial charge in [-0.25, -0.2) is 9.59 Å². The van der Waals surface area contributed by atoms with E-state index in [1.807, 2.05) is 0 Å². The first kappa shape index (κ1) is 24.8. The van der Waals surface area contributed by atoms with E-state index in [2.05, 4.69) is 10.1 Å². The lowest BCUT2D eigenvalue weighted by Gasteiger charge is -2.13. The Hall–Kier alpha value is -3.83. The number of carbonyl (C=O) groups is 5. The van der Waals surface area contributed by atoms with Crippen LogP contribution < -0.4 is 10.1 Å². The van der Waals surface area contributed by atoms with E-state index in [0.717, 1.165) is 4.90 Å². The van der Waals surface area contributed by atoms with Crippen molar-refractivity contribution in [1.29, 1.82) is 0 Å². The Kier molecular flexibility index (Phi) is 7.92. The van der Waals surface area contributed by atoms with Gasteiger partial charge < -0.3 is 19.9 Å². The van der Waals surface area contributed by atoms with Gasteiger partial charge in [-0.15, -0.1) is 0 Å². The maximum atomic E-state index is 12.6. The van der Waals surface area contributed by atoms with Crippen molar-refractivity contribution in [3.05, 3.63) is 63.5 Å². The molecule has 0 atom stereocenters. The Labute approximate surface area is 202 Å². The van der Waals surface area contributed by atoms with Gasteiger partial charge in [0.2, 0.25) is 5.91 Å². The topological polar surface area (TPSA) is 139 Å². The number of carboxylic acids is 1. The molecule has 1 heterocycles. The first-order valence-corrected chi connectivity index (χ1v) is 10.7. The van der Waals surface area contributed by atoms with Crippen LogP contribution in [0.4, 0.5) is 10.5 Å². The number of esters is 1. The maximum Gasteiger partial charge on any atom is 0.341 e. The van der Waals surface area contributed by atoms with Gasteiger partial charge in [0.1, 0.15) is 12.3 Å². The average molecular weight is 505 g/mol. The number of hydrogen-bond donors (Lipinski definition) is 2. The number of aliphatic carboxylic acids is 1. The number of carbonyl (C=O) groups excluding carboxylic acids is 4. The van der Waals surface area contributed by atoms with Crippen molar-refractivity contribution in [3.8, 4) is 5.75 Å². The molecule has 1 saturated heterocycles. The van der Waals surface area contributed by atoms with Crippen molar-refractivity contribution >= 4 is 64.1 Å². The van der Waals surface area contributed by atoms with Crippen LogP contribution >= 0.6 is 23.4 Å². The molecule has 2 aromatic rings. The highest BCUT2D eigenvalue weighted by atomic mass is 35.5. The lowest BCUT2D eigenvalue weighted by molar-refractivity contribution is -0.139. The lowest BCUT2D eigenvalue weighted by atomic mass is 10.2. The van der Waals surface area contributed by atoms with Crippen LogP contribution in [-0.4, -0.2) is 59.3 Å². The average Bonchev–Trinajstić information content (AvgIpc) is 3.06. The van der Waals surface area contributed by atoms with Crippen molar-refractivity contribution in [2.75, 3.05) is 25.6 Å². The summed E-state index contributed by atoms with van der Waals surface area (Å²) in [6.45, 7) is -1.01. The molecule has 0 spiro atoms. The van der Waals surface area contributed by atoms with E-state index < -0.39 is 42.1 Å². The molecule has 0 saturated carbocycles. The van der Waals surface area contributed by atoms with Gasteiger partial charge in [-0.3, -0.25) is 19.3 Å². The molecule has 176 valence electrons. The van der Waals surface area contributed by atoms with Gasteiger partial charge in [-0.05, 0) is 53.7 Å². The Morgan fingerprint density at radius 2 is 1.85 bits per heavy atom. The van der Waals surface area contributed by atoms with Crippen LogP contribution in [0.1, 0.15) is 15.9 Å². The molecule has 3 rings (SSSR count). The van der Waals surface area contributed by atoms with Crippen LogP contribution in [0.2, 0.25) is 5.02 Å². The Morgan fingerprint density at radius 1 is 1.15 bits per heavy atom. The predicted octanol–water partition coefficient (Wildman–Crippen LogP) is 3.27. The summed E-state index contributed by atoms with van der Waals surface area (Å²) < 4.78 is 9.67. The lowest BCUT2D eigenvalue weighted by Crippen LogP contribution is -2.36. The number of nitrogens with one attached hydrogen (secondary N) is 1. The summed E-state index contributed by atoms with van der Waals surface area (Å²) in [7, 11) is 1.19. The molecular weight excluding hydrogens is 488 g/mol. The molecule has 0 unspecified atom stereocenters. The summed E-state index contributed by atoms with van der Waals surface area (Å²) >= 11 is 6.64. The van der Waals surface area contributed by atoms with Crippen LogP contribution in [0.3, 0.4) is 0 Å². The number of benzene rings is 2. The molecule has 1 fully saturated rings. The first-order chi connectivity index (χ1) is 16.2. The van der Waals surface area contributed by atoms with Crippen molar-refractivity contribution < 1.29 is 38.6 Å². The largest absolute Gasteiger partial charge is 0.482 e. The highest BCUT2D eigenvalue weighted by molar-refractivity contribution is 8.18. The van der Waals surface area contributed by atoms with Crippen molar-refractivity contribution in [2.24, 2.45) is 0 Å². The van der Waals surface area contributed by atoms with Gasteiger partial charge in [0.15, 0.2) is 6.61 Å². The van der Waals surface area contributed by atoms with Crippen LogP contribution in [0.25, 0.3) is 6.08 Å². The van der Waals surface area contributed by atoms with E-state index in [0.29, 0.717) is 23.1 Å². The van der Waals surface area contributed by atoms with Crippen molar-refractivity contribution in [1.82, 2.24) is 4.90 Å². The summed E-state index contributed by atoms with van der Waals surface area (Å²) in [6.07, 6.45) is 1.48. The highest BCUT2D eigenvalue weighted by Gasteiger charge is 2.36. The zero-order valence-corrected chi connectivity index (χ0v) is 19.1. The molecule has 34 heavy (non-hydrogen) atoms. The van der Waals surface area contributed by atoms with Crippen molar-refractivity contribution in [3.63, 3.8) is 0 Å². The van der Waals surface area contributed by atoms with Gasteiger partial charge in [0.05, 0.1) is 22.6 Å².